The number of carbonyl (C=O) groups excluding carboxylic acids is 1. The SMILES string of the molecule is O=C(O)CCN1C(=O)COc2ccc(-c3csc(-c4ccccn4)n3)cc21. The lowest BCUT2D eigenvalue weighted by atomic mass is 10.1. The molecule has 0 saturated heterocycles. The minimum atomic E-state index is -0.952. The molecule has 1 aromatic carbocycles. The largest absolute Gasteiger partial charge is 0.482 e. The van der Waals surface area contributed by atoms with Crippen molar-refractivity contribution >= 4 is 28.9 Å². The van der Waals surface area contributed by atoms with Crippen molar-refractivity contribution in [3.8, 4) is 27.7 Å². The maximum atomic E-state index is 12.2. The fourth-order valence-corrected chi connectivity index (χ4v) is 3.63. The summed E-state index contributed by atoms with van der Waals surface area (Å²) in [5.41, 5.74) is 2.95. The lowest BCUT2D eigenvalue weighted by Gasteiger charge is -2.29. The Morgan fingerprint density at radius 3 is 2.93 bits per heavy atom. The summed E-state index contributed by atoms with van der Waals surface area (Å²) < 4.78 is 5.47. The Morgan fingerprint density at radius 2 is 2.15 bits per heavy atom. The van der Waals surface area contributed by atoms with Crippen LogP contribution < -0.4 is 9.64 Å². The molecule has 0 radical (unpaired) electrons. The standard InChI is InChI=1S/C19H15N3O4S/c23-17-10-26-16-5-4-12(9-15(16)22(17)8-6-18(24)25)14-11-27-19(21-14)13-3-1-2-7-20-13/h1-5,7,9,11H,6,8,10H2,(H,24,25). The Hall–Kier alpha value is -3.26. The first-order chi connectivity index (χ1) is 13.1. The smallest absolute Gasteiger partial charge is 0.305 e. The van der Waals surface area contributed by atoms with E-state index < -0.39 is 5.97 Å². The number of hydrogen-bond donors (Lipinski definition) is 1. The number of hydrogen-bond acceptors (Lipinski definition) is 6. The summed E-state index contributed by atoms with van der Waals surface area (Å²) in [6.45, 7) is 0.0106. The van der Waals surface area contributed by atoms with Crippen molar-refractivity contribution in [2.75, 3.05) is 18.1 Å². The molecule has 1 amide bonds. The number of carboxylic acids is 1. The number of amides is 1. The molecule has 3 aromatic rings. The van der Waals surface area contributed by atoms with Crippen LogP contribution in [0.4, 0.5) is 5.69 Å². The summed E-state index contributed by atoms with van der Waals surface area (Å²) in [6, 6.07) is 11.1. The number of benzene rings is 1. The van der Waals surface area contributed by atoms with Gasteiger partial charge in [0.25, 0.3) is 5.91 Å². The third-order valence-corrected chi connectivity index (χ3v) is 5.00. The molecule has 1 aliphatic heterocycles. The highest BCUT2D eigenvalue weighted by Crippen LogP contribution is 2.37. The number of fused-ring (bicyclic) bond motifs is 1. The second kappa shape index (κ2) is 7.16. The number of rotatable bonds is 5. The van der Waals surface area contributed by atoms with Crippen LogP contribution >= 0.6 is 11.3 Å². The van der Waals surface area contributed by atoms with E-state index in [0.717, 1.165) is 22.0 Å². The van der Waals surface area contributed by atoms with Gasteiger partial charge in [0.15, 0.2) is 6.61 Å². The molecular weight excluding hydrogens is 366 g/mol. The molecule has 0 unspecified atom stereocenters. The molecule has 1 N–H and O–H groups in total. The number of ether oxygens (including phenoxy) is 1. The van der Waals surface area contributed by atoms with Crippen LogP contribution in [0, 0.1) is 0 Å². The molecule has 4 rings (SSSR count). The van der Waals surface area contributed by atoms with E-state index in [1.807, 2.05) is 35.7 Å². The zero-order chi connectivity index (χ0) is 18.8. The van der Waals surface area contributed by atoms with Gasteiger partial charge in [0.05, 0.1) is 23.5 Å². The third-order valence-electron chi connectivity index (χ3n) is 4.14. The summed E-state index contributed by atoms with van der Waals surface area (Å²) in [4.78, 5) is 33.5. The second-order valence-corrected chi connectivity index (χ2v) is 6.77. The Kier molecular flexibility index (Phi) is 4.55. The summed E-state index contributed by atoms with van der Waals surface area (Å²) in [6.07, 6.45) is 1.59. The number of nitrogens with zero attached hydrogens (tertiary/aromatic N) is 3. The van der Waals surface area contributed by atoms with Crippen LogP contribution in [0.3, 0.4) is 0 Å². The fraction of sp³-hybridized carbons (Fsp3) is 0.158. The molecule has 8 heteroatoms. The normalized spacial score (nSPS) is 13.2. The van der Waals surface area contributed by atoms with Gasteiger partial charge in [0.2, 0.25) is 0 Å². The topological polar surface area (TPSA) is 92.6 Å². The van der Waals surface area contributed by atoms with E-state index in [1.54, 1.807) is 12.3 Å². The average Bonchev–Trinajstić information content (AvgIpc) is 3.17. The first-order valence-corrected chi connectivity index (χ1v) is 9.16. The molecular formula is C19H15N3O4S. The molecule has 0 aliphatic carbocycles. The number of carboxylic acid groups (broad SMARTS) is 1. The quantitative estimate of drug-likeness (QED) is 0.730. The molecule has 0 spiro atoms. The van der Waals surface area contributed by atoms with E-state index >= 15 is 0 Å². The predicted octanol–water partition coefficient (Wildman–Crippen LogP) is 3.07. The second-order valence-electron chi connectivity index (χ2n) is 5.91. The zero-order valence-electron chi connectivity index (χ0n) is 14.2. The van der Waals surface area contributed by atoms with Gasteiger partial charge in [-0.05, 0) is 30.3 Å². The minimum absolute atomic E-state index is 0.0908. The fourth-order valence-electron chi connectivity index (χ4n) is 2.83. The van der Waals surface area contributed by atoms with Crippen LogP contribution in [-0.4, -0.2) is 40.1 Å². The highest BCUT2D eigenvalue weighted by atomic mass is 32.1. The summed E-state index contributed by atoms with van der Waals surface area (Å²) >= 11 is 1.49. The van der Waals surface area contributed by atoms with Crippen LogP contribution in [-0.2, 0) is 9.59 Å². The number of aliphatic carboxylic acids is 1. The first kappa shape index (κ1) is 17.2. The van der Waals surface area contributed by atoms with E-state index in [4.69, 9.17) is 9.84 Å². The molecule has 1 aliphatic rings. The molecule has 3 heterocycles. The van der Waals surface area contributed by atoms with Crippen LogP contribution in [0.5, 0.6) is 5.75 Å². The van der Waals surface area contributed by atoms with E-state index in [-0.39, 0.29) is 25.5 Å². The van der Waals surface area contributed by atoms with Crippen molar-refractivity contribution in [2.45, 2.75) is 6.42 Å². The monoisotopic (exact) mass is 381 g/mol. The van der Waals surface area contributed by atoms with Gasteiger partial charge in [-0.25, -0.2) is 4.98 Å². The molecule has 0 fully saturated rings. The number of anilines is 1. The van der Waals surface area contributed by atoms with E-state index in [0.29, 0.717) is 11.4 Å². The van der Waals surface area contributed by atoms with Gasteiger partial charge >= 0.3 is 5.97 Å². The van der Waals surface area contributed by atoms with Gasteiger partial charge in [-0.2, -0.15) is 0 Å². The molecule has 0 saturated carbocycles. The van der Waals surface area contributed by atoms with Crippen LogP contribution in [0.2, 0.25) is 0 Å². The Morgan fingerprint density at radius 1 is 1.26 bits per heavy atom. The van der Waals surface area contributed by atoms with Gasteiger partial charge in [-0.15, -0.1) is 11.3 Å². The third kappa shape index (κ3) is 3.52. The summed E-state index contributed by atoms with van der Waals surface area (Å²) in [5, 5.41) is 11.7. The number of thiazole rings is 1. The molecule has 2 aromatic heterocycles. The molecule has 0 bridgehead atoms. The van der Waals surface area contributed by atoms with E-state index in [1.165, 1.54) is 16.2 Å². The van der Waals surface area contributed by atoms with Crippen molar-refractivity contribution in [1.29, 1.82) is 0 Å². The Bertz CT molecular complexity index is 1000. The van der Waals surface area contributed by atoms with Crippen molar-refractivity contribution in [3.05, 3.63) is 48.0 Å². The maximum absolute atomic E-state index is 12.2. The summed E-state index contributed by atoms with van der Waals surface area (Å²) in [7, 11) is 0. The lowest BCUT2D eigenvalue weighted by Crippen LogP contribution is -2.40. The van der Waals surface area contributed by atoms with E-state index in [9.17, 15) is 9.59 Å². The van der Waals surface area contributed by atoms with E-state index in [2.05, 4.69) is 9.97 Å². The van der Waals surface area contributed by atoms with Gasteiger partial charge in [0, 0.05) is 23.7 Å². The van der Waals surface area contributed by atoms with Crippen LogP contribution in [0.15, 0.2) is 48.0 Å². The Labute approximate surface area is 158 Å². The van der Waals surface area contributed by atoms with Crippen molar-refractivity contribution < 1.29 is 19.4 Å². The number of carbonyl (C=O) groups is 2. The summed E-state index contributed by atoms with van der Waals surface area (Å²) in [5.74, 6) is -0.649. The van der Waals surface area contributed by atoms with Crippen LogP contribution in [0.25, 0.3) is 22.0 Å². The van der Waals surface area contributed by atoms with Gasteiger partial charge < -0.3 is 14.7 Å². The lowest BCUT2D eigenvalue weighted by molar-refractivity contribution is -0.136. The van der Waals surface area contributed by atoms with Gasteiger partial charge in [-0.3, -0.25) is 14.6 Å². The molecule has 136 valence electrons. The molecule has 27 heavy (non-hydrogen) atoms. The molecule has 7 nitrogen and oxygen atoms in total. The van der Waals surface area contributed by atoms with Crippen molar-refractivity contribution in [3.63, 3.8) is 0 Å². The van der Waals surface area contributed by atoms with Crippen molar-refractivity contribution in [2.24, 2.45) is 0 Å². The number of pyridine rings is 1. The van der Waals surface area contributed by atoms with Crippen molar-refractivity contribution in [1.82, 2.24) is 9.97 Å². The first-order valence-electron chi connectivity index (χ1n) is 8.28. The zero-order valence-corrected chi connectivity index (χ0v) is 15.0. The minimum Gasteiger partial charge on any atom is -0.482 e. The average molecular weight is 381 g/mol. The highest BCUT2D eigenvalue weighted by Gasteiger charge is 2.26. The number of aromatic nitrogens is 2. The van der Waals surface area contributed by atoms with Crippen LogP contribution in [0.1, 0.15) is 6.42 Å². The predicted molar refractivity (Wildman–Crippen MR) is 101 cm³/mol. The highest BCUT2D eigenvalue weighted by molar-refractivity contribution is 7.13. The van der Waals surface area contributed by atoms with Gasteiger partial charge in [0.1, 0.15) is 10.8 Å². The van der Waals surface area contributed by atoms with Gasteiger partial charge in [-0.1, -0.05) is 6.07 Å². The Balaban J connectivity index is 1.67. The molecule has 0 atom stereocenters. The maximum Gasteiger partial charge on any atom is 0.305 e.